The van der Waals surface area contributed by atoms with E-state index in [1.807, 2.05) is 45.0 Å². The van der Waals surface area contributed by atoms with Crippen LogP contribution in [-0.2, 0) is 11.3 Å². The van der Waals surface area contributed by atoms with E-state index in [9.17, 15) is 9.59 Å². The van der Waals surface area contributed by atoms with Gasteiger partial charge in [0.2, 0.25) is 5.91 Å². The van der Waals surface area contributed by atoms with Crippen LogP contribution in [0.2, 0.25) is 5.02 Å². The van der Waals surface area contributed by atoms with Gasteiger partial charge in [-0.3, -0.25) is 9.59 Å². The Bertz CT molecular complexity index is 1410. The van der Waals surface area contributed by atoms with Gasteiger partial charge in [0.25, 0.3) is 5.56 Å². The van der Waals surface area contributed by atoms with E-state index in [0.29, 0.717) is 33.1 Å². The van der Waals surface area contributed by atoms with Gasteiger partial charge in [0.05, 0.1) is 30.4 Å². The van der Waals surface area contributed by atoms with Crippen molar-refractivity contribution in [3.05, 3.63) is 75.3 Å². The molecule has 0 aliphatic carbocycles. The number of amides is 1. The molecule has 2 heterocycles. The minimum atomic E-state index is -0.429. The van der Waals surface area contributed by atoms with Gasteiger partial charge in [0.1, 0.15) is 17.8 Å². The van der Waals surface area contributed by atoms with E-state index < -0.39 is 11.5 Å². The third-order valence-corrected chi connectivity index (χ3v) is 5.57. The monoisotopic (exact) mass is 465 g/mol. The van der Waals surface area contributed by atoms with Crippen molar-refractivity contribution in [1.29, 1.82) is 0 Å². The fourth-order valence-electron chi connectivity index (χ4n) is 3.71. The minimum absolute atomic E-state index is 0.0185. The maximum absolute atomic E-state index is 13.4. The van der Waals surface area contributed by atoms with Crippen molar-refractivity contribution in [3.8, 4) is 11.4 Å². The number of nitrogens with zero attached hydrogens (tertiary/aromatic N) is 4. The Morgan fingerprint density at radius 2 is 1.97 bits per heavy atom. The molecule has 1 N–H and O–H groups in total. The minimum Gasteiger partial charge on any atom is -0.495 e. The molecule has 8 nitrogen and oxygen atoms in total. The van der Waals surface area contributed by atoms with Crippen LogP contribution >= 0.6 is 11.6 Å². The van der Waals surface area contributed by atoms with Crippen molar-refractivity contribution < 1.29 is 9.53 Å². The van der Waals surface area contributed by atoms with Crippen LogP contribution < -0.4 is 15.6 Å². The lowest BCUT2D eigenvalue weighted by atomic mass is 10.1. The van der Waals surface area contributed by atoms with E-state index in [4.69, 9.17) is 16.3 Å². The van der Waals surface area contributed by atoms with Gasteiger partial charge in [-0.1, -0.05) is 43.6 Å². The highest BCUT2D eigenvalue weighted by Gasteiger charge is 2.21. The molecule has 170 valence electrons. The number of aryl methyl sites for hydroxylation is 1. The fourth-order valence-corrected chi connectivity index (χ4v) is 3.89. The standard InChI is InChI=1S/C24H24ClN5O3/c1-14(2)22-17-12-26-30(19-8-6-5-7-15(19)3)23(17)24(32)29(28-22)13-21(31)27-18-11-16(25)9-10-20(18)33-4/h5-12,14H,13H2,1-4H3,(H,27,31). The van der Waals surface area contributed by atoms with Gasteiger partial charge in [0.15, 0.2) is 0 Å². The van der Waals surface area contributed by atoms with Crippen LogP contribution in [-0.4, -0.2) is 32.6 Å². The summed E-state index contributed by atoms with van der Waals surface area (Å²) in [5, 5.41) is 12.9. The predicted octanol–water partition coefficient (Wildman–Crippen LogP) is 4.31. The molecule has 1 amide bonds. The number of aromatic nitrogens is 4. The van der Waals surface area contributed by atoms with Crippen molar-refractivity contribution in [3.63, 3.8) is 0 Å². The molecule has 2 aromatic carbocycles. The molecule has 0 saturated carbocycles. The molecule has 0 aliphatic rings. The Hall–Kier alpha value is -3.65. The Kier molecular flexibility index (Phi) is 6.20. The number of fused-ring (bicyclic) bond motifs is 1. The number of anilines is 1. The van der Waals surface area contributed by atoms with Crippen LogP contribution in [0.25, 0.3) is 16.6 Å². The van der Waals surface area contributed by atoms with Crippen LogP contribution in [0.4, 0.5) is 5.69 Å². The van der Waals surface area contributed by atoms with Crippen LogP contribution in [0.5, 0.6) is 5.75 Å². The predicted molar refractivity (Wildman–Crippen MR) is 129 cm³/mol. The van der Waals surface area contributed by atoms with Gasteiger partial charge in [-0.05, 0) is 42.7 Å². The Morgan fingerprint density at radius 3 is 2.67 bits per heavy atom. The van der Waals surface area contributed by atoms with Gasteiger partial charge in [-0.2, -0.15) is 10.2 Å². The first-order valence-electron chi connectivity index (χ1n) is 10.5. The smallest absolute Gasteiger partial charge is 0.293 e. The SMILES string of the molecule is COc1ccc(Cl)cc1NC(=O)Cn1nc(C(C)C)c2cnn(-c3ccccc3C)c2c1=O. The molecule has 2 aromatic heterocycles. The maximum atomic E-state index is 13.4. The third kappa shape index (κ3) is 4.34. The molecule has 0 saturated heterocycles. The first kappa shape index (κ1) is 22.5. The van der Waals surface area contributed by atoms with Crippen molar-refractivity contribution in [1.82, 2.24) is 19.6 Å². The second-order valence-electron chi connectivity index (χ2n) is 8.00. The average molecular weight is 466 g/mol. The first-order valence-corrected chi connectivity index (χ1v) is 10.9. The molecule has 0 aliphatic heterocycles. The fraction of sp³-hybridized carbons (Fsp3) is 0.250. The molecule has 0 radical (unpaired) electrons. The van der Waals surface area contributed by atoms with Gasteiger partial charge >= 0.3 is 0 Å². The summed E-state index contributed by atoms with van der Waals surface area (Å²) in [7, 11) is 1.50. The lowest BCUT2D eigenvalue weighted by Crippen LogP contribution is -2.31. The van der Waals surface area contributed by atoms with Crippen molar-refractivity contribution in [2.24, 2.45) is 0 Å². The summed E-state index contributed by atoms with van der Waals surface area (Å²) in [5.74, 6) is 0.0511. The second kappa shape index (κ2) is 9.07. The van der Waals surface area contributed by atoms with Gasteiger partial charge in [0, 0.05) is 10.4 Å². The van der Waals surface area contributed by atoms with E-state index in [1.165, 1.54) is 11.8 Å². The van der Waals surface area contributed by atoms with Gasteiger partial charge in [-0.15, -0.1) is 0 Å². The third-order valence-electron chi connectivity index (χ3n) is 5.33. The molecule has 9 heteroatoms. The average Bonchev–Trinajstić information content (AvgIpc) is 3.21. The van der Waals surface area contributed by atoms with Gasteiger partial charge in [-0.25, -0.2) is 9.36 Å². The lowest BCUT2D eigenvalue weighted by molar-refractivity contribution is -0.117. The summed E-state index contributed by atoms with van der Waals surface area (Å²) in [6, 6.07) is 12.6. The van der Waals surface area contributed by atoms with E-state index in [2.05, 4.69) is 15.5 Å². The number of carbonyl (C=O) groups is 1. The molecule has 4 aromatic rings. The Balaban J connectivity index is 1.78. The zero-order chi connectivity index (χ0) is 23.7. The maximum Gasteiger partial charge on any atom is 0.293 e. The topological polar surface area (TPSA) is 91.0 Å². The second-order valence-corrected chi connectivity index (χ2v) is 8.44. The summed E-state index contributed by atoms with van der Waals surface area (Å²) in [6.07, 6.45) is 1.66. The molecular formula is C24H24ClN5O3. The van der Waals surface area contributed by atoms with Crippen molar-refractivity contribution in [2.45, 2.75) is 33.2 Å². The number of methoxy groups -OCH3 is 1. The molecule has 0 unspecified atom stereocenters. The van der Waals surface area contributed by atoms with Crippen LogP contribution in [0.3, 0.4) is 0 Å². The summed E-state index contributed by atoms with van der Waals surface area (Å²) < 4.78 is 8.08. The quantitative estimate of drug-likeness (QED) is 0.458. The summed E-state index contributed by atoms with van der Waals surface area (Å²) in [4.78, 5) is 26.3. The summed E-state index contributed by atoms with van der Waals surface area (Å²) in [6.45, 7) is 5.65. The number of rotatable bonds is 6. The Labute approximate surface area is 195 Å². The number of carbonyl (C=O) groups excluding carboxylic acids is 1. The van der Waals surface area contributed by atoms with Crippen molar-refractivity contribution >= 4 is 34.1 Å². The molecule has 0 fully saturated rings. The molecule has 0 bridgehead atoms. The summed E-state index contributed by atoms with van der Waals surface area (Å²) in [5.41, 5.74) is 2.86. The van der Waals surface area contributed by atoms with E-state index in [1.54, 1.807) is 29.1 Å². The number of ether oxygens (including phenoxy) is 1. The number of hydrogen-bond acceptors (Lipinski definition) is 5. The first-order chi connectivity index (χ1) is 15.8. The van der Waals surface area contributed by atoms with Crippen LogP contribution in [0, 0.1) is 6.92 Å². The molecule has 33 heavy (non-hydrogen) atoms. The van der Waals surface area contributed by atoms with E-state index in [0.717, 1.165) is 11.3 Å². The highest BCUT2D eigenvalue weighted by molar-refractivity contribution is 6.31. The largest absolute Gasteiger partial charge is 0.495 e. The Morgan fingerprint density at radius 1 is 1.21 bits per heavy atom. The molecule has 0 atom stereocenters. The highest BCUT2D eigenvalue weighted by atomic mass is 35.5. The lowest BCUT2D eigenvalue weighted by Gasteiger charge is -2.14. The number of benzene rings is 2. The van der Waals surface area contributed by atoms with Gasteiger partial charge < -0.3 is 10.1 Å². The molecule has 0 spiro atoms. The normalized spacial score (nSPS) is 11.2. The number of hydrogen-bond donors (Lipinski definition) is 1. The zero-order valence-corrected chi connectivity index (χ0v) is 19.6. The zero-order valence-electron chi connectivity index (χ0n) is 18.8. The molecule has 4 rings (SSSR count). The molecular weight excluding hydrogens is 442 g/mol. The van der Waals surface area contributed by atoms with Crippen molar-refractivity contribution in [2.75, 3.05) is 12.4 Å². The number of nitrogens with one attached hydrogen (secondary N) is 1. The van der Waals surface area contributed by atoms with E-state index >= 15 is 0 Å². The summed E-state index contributed by atoms with van der Waals surface area (Å²) >= 11 is 6.06. The van der Waals surface area contributed by atoms with Crippen LogP contribution in [0.15, 0.2) is 53.5 Å². The van der Waals surface area contributed by atoms with Crippen LogP contribution in [0.1, 0.15) is 31.0 Å². The number of para-hydroxylation sites is 1. The highest BCUT2D eigenvalue weighted by Crippen LogP contribution is 2.28. The van der Waals surface area contributed by atoms with E-state index in [-0.39, 0.29) is 12.5 Å². The number of halogens is 1.